The number of benzene rings is 2. The van der Waals surface area contributed by atoms with Gasteiger partial charge in [-0.05, 0) is 47.0 Å². The topological polar surface area (TPSA) is 84.5 Å². The summed E-state index contributed by atoms with van der Waals surface area (Å²) in [5.41, 5.74) is 4.20. The number of imidazole rings is 1. The number of aromatic nitrogens is 2. The zero-order valence-corrected chi connectivity index (χ0v) is 15.2. The van der Waals surface area contributed by atoms with Crippen molar-refractivity contribution in [2.24, 2.45) is 0 Å². The highest BCUT2D eigenvalue weighted by atomic mass is 35.5. The molecule has 4 rings (SSSR count). The first-order valence-corrected chi connectivity index (χ1v) is 8.71. The molecule has 3 aromatic rings. The van der Waals surface area contributed by atoms with Gasteiger partial charge in [-0.15, -0.1) is 0 Å². The molecule has 0 fully saturated rings. The lowest BCUT2D eigenvalue weighted by atomic mass is 10.0. The molecule has 0 unspecified atom stereocenters. The van der Waals surface area contributed by atoms with Crippen LogP contribution < -0.4 is 4.74 Å². The number of methoxy groups -OCH3 is 1. The van der Waals surface area contributed by atoms with E-state index in [4.69, 9.17) is 21.1 Å². The van der Waals surface area contributed by atoms with E-state index >= 15 is 0 Å². The highest BCUT2D eigenvalue weighted by Crippen LogP contribution is 2.31. The Hall–Kier alpha value is -3.06. The van der Waals surface area contributed by atoms with Gasteiger partial charge in [-0.1, -0.05) is 12.1 Å². The van der Waals surface area contributed by atoms with Gasteiger partial charge in [-0.2, -0.15) is 0 Å². The summed E-state index contributed by atoms with van der Waals surface area (Å²) in [7, 11) is 1.31. The van der Waals surface area contributed by atoms with Crippen molar-refractivity contribution >= 4 is 34.0 Å². The number of carbonyl (C=O) groups is 2. The lowest BCUT2D eigenvalue weighted by Gasteiger charge is -2.16. The van der Waals surface area contributed by atoms with Crippen LogP contribution in [-0.2, 0) is 11.3 Å². The molecule has 0 radical (unpaired) electrons. The Morgan fingerprint density at radius 1 is 1.22 bits per heavy atom. The summed E-state index contributed by atoms with van der Waals surface area (Å²) >= 11 is 5.64. The number of rotatable bonds is 2. The van der Waals surface area contributed by atoms with E-state index in [9.17, 15) is 9.59 Å². The average molecular weight is 386 g/mol. The molecule has 0 atom stereocenters. The molecule has 0 spiro atoms. The first-order chi connectivity index (χ1) is 13.0. The second-order valence-corrected chi connectivity index (χ2v) is 6.48. The third-order valence-corrected chi connectivity index (χ3v) is 4.72. The number of hydrogen-bond acceptors (Lipinski definition) is 5. The fourth-order valence-electron chi connectivity index (χ4n) is 3.11. The number of H-pyrrole nitrogens is 1. The summed E-state index contributed by atoms with van der Waals surface area (Å²) in [5, 5.41) is -0.494. The van der Waals surface area contributed by atoms with E-state index in [2.05, 4.69) is 9.97 Å². The summed E-state index contributed by atoms with van der Waals surface area (Å²) in [6.45, 7) is 1.24. The van der Waals surface area contributed by atoms with Crippen molar-refractivity contribution in [2.75, 3.05) is 20.3 Å². The molecular formula is C19H16ClN3O4. The van der Waals surface area contributed by atoms with Gasteiger partial charge < -0.3 is 19.4 Å². The Balaban J connectivity index is 1.71. The van der Waals surface area contributed by atoms with Crippen molar-refractivity contribution in [3.8, 4) is 16.9 Å². The number of nitrogens with zero attached hydrogens (tertiary/aromatic N) is 2. The second-order valence-electron chi connectivity index (χ2n) is 6.15. The van der Waals surface area contributed by atoms with E-state index in [0.717, 1.165) is 28.0 Å². The SMILES string of the molecule is COC(=O)c1nc2ccc(-c3ccc4c(c3)CN(C(=O)Cl)CCO4)cc2[nH]1. The van der Waals surface area contributed by atoms with Gasteiger partial charge in [0.25, 0.3) is 0 Å². The monoisotopic (exact) mass is 385 g/mol. The van der Waals surface area contributed by atoms with E-state index in [-0.39, 0.29) is 5.82 Å². The third-order valence-electron chi connectivity index (χ3n) is 4.48. The summed E-state index contributed by atoms with van der Waals surface area (Å²) in [4.78, 5) is 31.9. The minimum absolute atomic E-state index is 0.163. The van der Waals surface area contributed by atoms with Gasteiger partial charge in [0, 0.05) is 5.56 Å². The Bertz CT molecular complexity index is 1050. The molecule has 8 heteroatoms. The first kappa shape index (κ1) is 17.4. The van der Waals surface area contributed by atoms with Crippen LogP contribution in [0.5, 0.6) is 5.75 Å². The normalized spacial score (nSPS) is 13.6. The van der Waals surface area contributed by atoms with E-state index in [0.29, 0.717) is 25.2 Å². The van der Waals surface area contributed by atoms with E-state index in [1.165, 1.54) is 12.0 Å². The van der Waals surface area contributed by atoms with Gasteiger partial charge in [0.2, 0.25) is 5.82 Å². The predicted octanol–water partition coefficient (Wildman–Crippen LogP) is 3.57. The van der Waals surface area contributed by atoms with E-state index < -0.39 is 11.3 Å². The summed E-state index contributed by atoms with van der Waals surface area (Å²) in [6.07, 6.45) is 0. The van der Waals surface area contributed by atoms with Crippen LogP contribution in [-0.4, -0.2) is 46.5 Å². The molecule has 1 aliphatic rings. The molecule has 0 bridgehead atoms. The van der Waals surface area contributed by atoms with Gasteiger partial charge in [0.1, 0.15) is 12.4 Å². The van der Waals surface area contributed by atoms with E-state index in [1.54, 1.807) is 0 Å². The van der Waals surface area contributed by atoms with Crippen LogP contribution >= 0.6 is 11.6 Å². The van der Waals surface area contributed by atoms with Crippen LogP contribution in [0.4, 0.5) is 4.79 Å². The number of esters is 1. The molecule has 0 aliphatic carbocycles. The standard InChI is InChI=1S/C19H16ClN3O4/c1-26-18(24)17-21-14-4-2-12(9-15(14)22-17)11-3-5-16-13(8-11)10-23(19(20)25)6-7-27-16/h2-5,8-9H,6-7,10H2,1H3,(H,21,22). The number of ether oxygens (including phenoxy) is 2. The molecule has 0 saturated carbocycles. The van der Waals surface area contributed by atoms with Crippen LogP contribution in [0.1, 0.15) is 16.2 Å². The van der Waals surface area contributed by atoms with Crippen LogP contribution in [0.3, 0.4) is 0 Å². The van der Waals surface area contributed by atoms with Crippen molar-refractivity contribution in [2.45, 2.75) is 6.54 Å². The maximum absolute atomic E-state index is 11.6. The van der Waals surface area contributed by atoms with Gasteiger partial charge in [0.15, 0.2) is 0 Å². The first-order valence-electron chi connectivity index (χ1n) is 8.34. The molecule has 27 heavy (non-hydrogen) atoms. The fourth-order valence-corrected chi connectivity index (χ4v) is 3.25. The summed E-state index contributed by atoms with van der Waals surface area (Å²) in [6, 6.07) is 11.5. The zero-order valence-electron chi connectivity index (χ0n) is 14.5. The molecule has 1 amide bonds. The summed E-state index contributed by atoms with van der Waals surface area (Å²) < 4.78 is 10.4. The zero-order chi connectivity index (χ0) is 19.0. The van der Waals surface area contributed by atoms with Crippen LogP contribution in [0.25, 0.3) is 22.2 Å². The Kier molecular flexibility index (Phi) is 4.45. The second kappa shape index (κ2) is 6.92. The number of halogens is 1. The number of fused-ring (bicyclic) bond motifs is 2. The smallest absolute Gasteiger partial charge is 0.374 e. The van der Waals surface area contributed by atoms with Gasteiger partial charge in [-0.25, -0.2) is 9.78 Å². The lowest BCUT2D eigenvalue weighted by Crippen LogP contribution is -2.27. The minimum Gasteiger partial charge on any atom is -0.491 e. The Morgan fingerprint density at radius 3 is 2.78 bits per heavy atom. The van der Waals surface area contributed by atoms with Crippen molar-refractivity contribution in [3.05, 3.63) is 47.8 Å². The molecule has 7 nitrogen and oxygen atoms in total. The van der Waals surface area contributed by atoms with Crippen molar-refractivity contribution in [1.82, 2.24) is 14.9 Å². The van der Waals surface area contributed by atoms with Crippen LogP contribution in [0, 0.1) is 0 Å². The number of carbonyl (C=O) groups excluding carboxylic acids is 2. The maximum atomic E-state index is 11.6. The number of amides is 1. The number of hydrogen-bond donors (Lipinski definition) is 1. The van der Waals surface area contributed by atoms with Crippen molar-refractivity contribution < 1.29 is 19.1 Å². The van der Waals surface area contributed by atoms with Gasteiger partial charge in [0.05, 0.1) is 31.2 Å². The minimum atomic E-state index is -0.513. The predicted molar refractivity (Wildman–Crippen MR) is 100 cm³/mol. The molecule has 2 heterocycles. The molecule has 1 N–H and O–H groups in total. The maximum Gasteiger partial charge on any atom is 0.374 e. The quantitative estimate of drug-likeness (QED) is 0.414. The highest BCUT2D eigenvalue weighted by molar-refractivity contribution is 6.62. The van der Waals surface area contributed by atoms with Crippen molar-refractivity contribution in [1.29, 1.82) is 0 Å². The molecule has 1 aliphatic heterocycles. The molecule has 138 valence electrons. The molecule has 0 saturated heterocycles. The Morgan fingerprint density at radius 2 is 2.00 bits per heavy atom. The van der Waals surface area contributed by atoms with Crippen molar-refractivity contribution in [3.63, 3.8) is 0 Å². The van der Waals surface area contributed by atoms with Gasteiger partial charge >= 0.3 is 11.3 Å². The van der Waals surface area contributed by atoms with E-state index in [1.807, 2.05) is 36.4 Å². The average Bonchev–Trinajstić information content (AvgIpc) is 2.98. The fraction of sp³-hybridized carbons (Fsp3) is 0.211. The molecule has 1 aromatic heterocycles. The summed E-state index contributed by atoms with van der Waals surface area (Å²) in [5.74, 6) is 0.395. The largest absolute Gasteiger partial charge is 0.491 e. The van der Waals surface area contributed by atoms with Crippen LogP contribution in [0.15, 0.2) is 36.4 Å². The highest BCUT2D eigenvalue weighted by Gasteiger charge is 2.19. The number of nitrogens with one attached hydrogen (secondary N) is 1. The number of aromatic amines is 1. The Labute approximate surface area is 159 Å². The molecule has 2 aromatic carbocycles. The lowest BCUT2D eigenvalue weighted by molar-refractivity contribution is 0.0588. The third kappa shape index (κ3) is 3.33. The van der Waals surface area contributed by atoms with Crippen LogP contribution in [0.2, 0.25) is 0 Å². The van der Waals surface area contributed by atoms with Gasteiger partial charge in [-0.3, -0.25) is 4.79 Å². The molecular weight excluding hydrogens is 370 g/mol.